The smallest absolute Gasteiger partial charge is 0.0683 e. The van der Waals surface area contributed by atoms with E-state index in [1.165, 1.54) is 109 Å². The molecule has 3 nitrogen and oxygen atoms in total. The molecule has 0 saturated carbocycles. The second-order valence-electron chi connectivity index (χ2n) is 7.55. The van der Waals surface area contributed by atoms with Gasteiger partial charge >= 0.3 is 0 Å². The van der Waals surface area contributed by atoms with E-state index in [9.17, 15) is 0 Å². The molecule has 0 aromatic heterocycles. The van der Waals surface area contributed by atoms with Crippen molar-refractivity contribution in [1.29, 1.82) is 0 Å². The highest BCUT2D eigenvalue weighted by Gasteiger charge is 2.03. The van der Waals surface area contributed by atoms with E-state index in [1.54, 1.807) is 5.23 Å². The lowest BCUT2D eigenvalue weighted by molar-refractivity contribution is -0.364. The van der Waals surface area contributed by atoms with E-state index in [4.69, 9.17) is 9.68 Å². The Morgan fingerprint density at radius 1 is 0.444 bits per heavy atom. The number of rotatable bonds is 22. The van der Waals surface area contributed by atoms with Crippen LogP contribution in [0, 0.1) is 0 Å². The van der Waals surface area contributed by atoms with Gasteiger partial charge in [-0.2, -0.15) is 0 Å². The third kappa shape index (κ3) is 24.1. The maximum Gasteiger partial charge on any atom is 0.0683 e. The van der Waals surface area contributed by atoms with Crippen LogP contribution in [0.5, 0.6) is 0 Å². The maximum atomic E-state index is 5.42. The molecular weight excluding hydrogens is 358 g/mol. The van der Waals surface area contributed by atoms with Crippen LogP contribution in [0.1, 0.15) is 130 Å². The average Bonchev–Trinajstić information content (AvgIpc) is 2.64. The Labute approximate surface area is 177 Å². The molecule has 0 radical (unpaired) electrons. The van der Waals surface area contributed by atoms with E-state index >= 15 is 0 Å². The molecule has 0 atom stereocenters. The van der Waals surface area contributed by atoms with Crippen molar-refractivity contribution in [2.24, 2.45) is 0 Å². The van der Waals surface area contributed by atoms with Crippen LogP contribution >= 0.6 is 12.4 Å². The SMILES string of the molecule is CCCCCCCCCCCCCCCCCCCN(OCC)OCC.Cl. The van der Waals surface area contributed by atoms with E-state index in [-0.39, 0.29) is 12.4 Å². The third-order valence-electron chi connectivity index (χ3n) is 4.99. The number of hydrogen-bond donors (Lipinski definition) is 0. The summed E-state index contributed by atoms with van der Waals surface area (Å²) >= 11 is 0. The fourth-order valence-electron chi connectivity index (χ4n) is 3.42. The Bertz CT molecular complexity index is 249. The molecule has 0 aromatic rings. The summed E-state index contributed by atoms with van der Waals surface area (Å²) in [4.78, 5) is 10.8. The third-order valence-corrected chi connectivity index (χ3v) is 4.99. The van der Waals surface area contributed by atoms with Gasteiger partial charge in [0, 0.05) is 0 Å². The summed E-state index contributed by atoms with van der Waals surface area (Å²) in [5.74, 6) is 0. The van der Waals surface area contributed by atoms with E-state index in [0.29, 0.717) is 13.2 Å². The summed E-state index contributed by atoms with van der Waals surface area (Å²) in [6, 6.07) is 0. The van der Waals surface area contributed by atoms with Gasteiger partial charge in [-0.25, -0.2) is 0 Å². The fraction of sp³-hybridized carbons (Fsp3) is 1.00. The fourth-order valence-corrected chi connectivity index (χ4v) is 3.42. The van der Waals surface area contributed by atoms with Crippen molar-refractivity contribution in [1.82, 2.24) is 5.23 Å². The molecule has 4 heteroatoms. The van der Waals surface area contributed by atoms with Crippen LogP contribution in [-0.4, -0.2) is 25.0 Å². The van der Waals surface area contributed by atoms with Gasteiger partial charge in [-0.15, -0.1) is 12.4 Å². The molecule has 0 aliphatic heterocycles. The molecule has 0 aliphatic rings. The Hall–Kier alpha value is 0.170. The second-order valence-corrected chi connectivity index (χ2v) is 7.55. The highest BCUT2D eigenvalue weighted by molar-refractivity contribution is 5.85. The van der Waals surface area contributed by atoms with Gasteiger partial charge in [0.25, 0.3) is 0 Å². The molecule has 0 fully saturated rings. The lowest BCUT2D eigenvalue weighted by atomic mass is 10.0. The van der Waals surface area contributed by atoms with E-state index < -0.39 is 0 Å². The van der Waals surface area contributed by atoms with Crippen molar-refractivity contribution in [3.63, 3.8) is 0 Å². The number of unbranched alkanes of at least 4 members (excludes halogenated alkanes) is 16. The van der Waals surface area contributed by atoms with E-state index in [0.717, 1.165) is 6.54 Å². The van der Waals surface area contributed by atoms with Crippen LogP contribution in [0.3, 0.4) is 0 Å². The van der Waals surface area contributed by atoms with Crippen LogP contribution < -0.4 is 0 Å². The first-order valence-corrected chi connectivity index (χ1v) is 11.9. The summed E-state index contributed by atoms with van der Waals surface area (Å²) in [6.45, 7) is 8.54. The monoisotopic (exact) mass is 407 g/mol. The number of halogens is 1. The molecule has 0 spiro atoms. The van der Waals surface area contributed by atoms with E-state index in [1.807, 2.05) is 13.8 Å². The minimum atomic E-state index is 0. The molecule has 0 aromatic carbocycles. The number of nitrogens with zero attached hydrogens (tertiary/aromatic N) is 1. The molecule has 0 heterocycles. The van der Waals surface area contributed by atoms with Gasteiger partial charge < -0.3 is 0 Å². The van der Waals surface area contributed by atoms with Crippen molar-refractivity contribution in [2.75, 3.05) is 19.8 Å². The summed E-state index contributed by atoms with van der Waals surface area (Å²) in [5, 5.41) is 1.66. The van der Waals surface area contributed by atoms with Gasteiger partial charge in [0.1, 0.15) is 0 Å². The van der Waals surface area contributed by atoms with Crippen LogP contribution in [0.4, 0.5) is 0 Å². The Balaban J connectivity index is 0. The summed E-state index contributed by atoms with van der Waals surface area (Å²) in [6.07, 6.45) is 24.0. The maximum absolute atomic E-state index is 5.42. The zero-order valence-electron chi connectivity index (χ0n) is 18.8. The summed E-state index contributed by atoms with van der Waals surface area (Å²) in [7, 11) is 0. The lowest BCUT2D eigenvalue weighted by Gasteiger charge is -2.19. The number of hydroxylamine groups is 2. The molecule has 0 bridgehead atoms. The van der Waals surface area contributed by atoms with Gasteiger partial charge in [-0.3, -0.25) is 9.68 Å². The molecule has 0 aliphatic carbocycles. The standard InChI is InChI=1S/C23H49NO2.ClH/c1-4-7-8-9-10-11-12-13-14-15-16-17-18-19-20-21-22-23-24(25-5-2)26-6-3;/h4-23H2,1-3H3;1H. The molecule has 166 valence electrons. The van der Waals surface area contributed by atoms with Crippen LogP contribution in [0.25, 0.3) is 0 Å². The lowest BCUT2D eigenvalue weighted by Crippen LogP contribution is -2.25. The minimum absolute atomic E-state index is 0. The molecule has 0 amide bonds. The minimum Gasteiger partial charge on any atom is -0.274 e. The molecule has 0 unspecified atom stereocenters. The first kappa shape index (κ1) is 29.4. The zero-order chi connectivity index (χ0) is 19.1. The quantitative estimate of drug-likeness (QED) is 0.133. The molecule has 0 saturated heterocycles. The molecule has 0 rings (SSSR count). The highest BCUT2D eigenvalue weighted by Crippen LogP contribution is 2.14. The van der Waals surface area contributed by atoms with Crippen LogP contribution in [-0.2, 0) is 9.68 Å². The van der Waals surface area contributed by atoms with Crippen molar-refractivity contribution < 1.29 is 9.68 Å². The van der Waals surface area contributed by atoms with E-state index in [2.05, 4.69) is 6.92 Å². The molecule has 27 heavy (non-hydrogen) atoms. The highest BCUT2D eigenvalue weighted by atomic mass is 35.5. The Morgan fingerprint density at radius 2 is 0.741 bits per heavy atom. The topological polar surface area (TPSA) is 21.7 Å². The van der Waals surface area contributed by atoms with Gasteiger partial charge in [0.2, 0.25) is 0 Å². The second kappa shape index (κ2) is 26.2. The predicted octanol–water partition coefficient (Wildman–Crippen LogP) is 8.26. The van der Waals surface area contributed by atoms with Crippen molar-refractivity contribution in [3.05, 3.63) is 0 Å². The predicted molar refractivity (Wildman–Crippen MR) is 121 cm³/mol. The summed E-state index contributed by atoms with van der Waals surface area (Å²) < 4.78 is 0. The van der Waals surface area contributed by atoms with Gasteiger partial charge in [0.15, 0.2) is 0 Å². The van der Waals surface area contributed by atoms with Crippen LogP contribution in [0.15, 0.2) is 0 Å². The normalized spacial score (nSPS) is 11.1. The summed E-state index contributed by atoms with van der Waals surface area (Å²) in [5.41, 5.74) is 0. The van der Waals surface area contributed by atoms with Gasteiger partial charge in [-0.1, -0.05) is 115 Å². The average molecular weight is 408 g/mol. The van der Waals surface area contributed by atoms with Gasteiger partial charge in [0.05, 0.1) is 19.8 Å². The molecule has 0 N–H and O–H groups in total. The van der Waals surface area contributed by atoms with Crippen LogP contribution in [0.2, 0.25) is 0 Å². The van der Waals surface area contributed by atoms with Crippen molar-refractivity contribution in [2.45, 2.75) is 130 Å². The largest absolute Gasteiger partial charge is 0.274 e. The van der Waals surface area contributed by atoms with Crippen molar-refractivity contribution in [3.8, 4) is 0 Å². The van der Waals surface area contributed by atoms with Crippen molar-refractivity contribution >= 4 is 12.4 Å². The Morgan fingerprint density at radius 3 is 1.04 bits per heavy atom. The first-order chi connectivity index (χ1) is 12.8. The number of hydrogen-bond acceptors (Lipinski definition) is 3. The zero-order valence-corrected chi connectivity index (χ0v) is 19.6. The Kier molecular flexibility index (Phi) is 28.5. The van der Waals surface area contributed by atoms with Gasteiger partial charge in [-0.05, 0) is 20.3 Å². The first-order valence-electron chi connectivity index (χ1n) is 11.9. The molecular formula is C23H50ClNO2.